The first-order valence-electron chi connectivity index (χ1n) is 6.12. The number of phenolic OH excluding ortho intramolecular Hbond substituents is 2. The number of nitrogens with one attached hydrogen (secondary N) is 1. The predicted octanol–water partition coefficient (Wildman–Crippen LogP) is 3.68. The highest BCUT2D eigenvalue weighted by Crippen LogP contribution is 2.24. The predicted molar refractivity (Wildman–Crippen MR) is 81.2 cm³/mol. The van der Waals surface area contributed by atoms with Crippen molar-refractivity contribution < 1.29 is 15.0 Å². The lowest BCUT2D eigenvalue weighted by Crippen LogP contribution is -2.13. The molecule has 0 fully saturated rings. The van der Waals surface area contributed by atoms with Gasteiger partial charge < -0.3 is 15.5 Å². The maximum Gasteiger partial charge on any atom is 0.255 e. The maximum absolute atomic E-state index is 12.1. The van der Waals surface area contributed by atoms with Crippen LogP contribution >= 0.6 is 15.9 Å². The van der Waals surface area contributed by atoms with Crippen LogP contribution in [0, 0.1) is 0 Å². The van der Waals surface area contributed by atoms with Crippen LogP contribution in [0.15, 0.2) is 40.9 Å². The number of hydrogen-bond donors (Lipinski definition) is 3. The number of rotatable bonds is 3. The first kappa shape index (κ1) is 14.4. The van der Waals surface area contributed by atoms with Gasteiger partial charge in [0.05, 0.1) is 0 Å². The molecule has 104 valence electrons. The molecule has 0 unspecified atom stereocenters. The SMILES string of the molecule is CCc1cc(Br)ccc1NC(=O)c1cc(O)cc(O)c1. The highest BCUT2D eigenvalue weighted by atomic mass is 79.9. The Hall–Kier alpha value is -2.01. The average molecular weight is 336 g/mol. The van der Waals surface area contributed by atoms with Crippen LogP contribution in [0.3, 0.4) is 0 Å². The monoisotopic (exact) mass is 335 g/mol. The van der Waals surface area contributed by atoms with Gasteiger partial charge >= 0.3 is 0 Å². The van der Waals surface area contributed by atoms with Gasteiger partial charge in [-0.05, 0) is 42.3 Å². The van der Waals surface area contributed by atoms with Gasteiger partial charge in [-0.3, -0.25) is 4.79 Å². The zero-order chi connectivity index (χ0) is 14.7. The molecule has 1 amide bonds. The number of benzene rings is 2. The second-order valence-electron chi connectivity index (χ2n) is 4.35. The number of carbonyl (C=O) groups is 1. The smallest absolute Gasteiger partial charge is 0.255 e. The first-order valence-corrected chi connectivity index (χ1v) is 6.91. The van der Waals surface area contributed by atoms with E-state index >= 15 is 0 Å². The Balaban J connectivity index is 2.27. The van der Waals surface area contributed by atoms with E-state index in [1.54, 1.807) is 0 Å². The molecule has 0 heterocycles. The number of halogens is 1. The fraction of sp³-hybridized carbons (Fsp3) is 0.133. The third kappa shape index (κ3) is 3.30. The van der Waals surface area contributed by atoms with Crippen LogP contribution in [0.5, 0.6) is 11.5 Å². The summed E-state index contributed by atoms with van der Waals surface area (Å²) in [6.45, 7) is 2.00. The van der Waals surface area contributed by atoms with E-state index in [1.165, 1.54) is 18.2 Å². The minimum absolute atomic E-state index is 0.151. The fourth-order valence-electron chi connectivity index (χ4n) is 1.90. The summed E-state index contributed by atoms with van der Waals surface area (Å²) >= 11 is 3.39. The van der Waals surface area contributed by atoms with Crippen LogP contribution in [-0.4, -0.2) is 16.1 Å². The zero-order valence-corrected chi connectivity index (χ0v) is 12.4. The van der Waals surface area contributed by atoms with Crippen molar-refractivity contribution in [3.63, 3.8) is 0 Å². The molecular weight excluding hydrogens is 322 g/mol. The van der Waals surface area contributed by atoms with Crippen molar-refractivity contribution in [3.05, 3.63) is 52.0 Å². The van der Waals surface area contributed by atoms with Crippen LogP contribution in [0.4, 0.5) is 5.69 Å². The number of aromatic hydroxyl groups is 2. The van der Waals surface area contributed by atoms with Crippen LogP contribution in [0.1, 0.15) is 22.8 Å². The van der Waals surface area contributed by atoms with E-state index in [9.17, 15) is 15.0 Å². The van der Waals surface area contributed by atoms with Crippen LogP contribution in [-0.2, 0) is 6.42 Å². The Bertz CT molecular complexity index is 635. The lowest BCUT2D eigenvalue weighted by atomic mass is 10.1. The summed E-state index contributed by atoms with van der Waals surface area (Å²) in [7, 11) is 0. The molecule has 4 nitrogen and oxygen atoms in total. The fourth-order valence-corrected chi connectivity index (χ4v) is 2.31. The highest BCUT2D eigenvalue weighted by Gasteiger charge is 2.11. The van der Waals surface area contributed by atoms with Crippen molar-refractivity contribution >= 4 is 27.5 Å². The Morgan fingerprint density at radius 3 is 2.40 bits per heavy atom. The molecule has 0 atom stereocenters. The number of phenols is 2. The third-order valence-electron chi connectivity index (χ3n) is 2.86. The highest BCUT2D eigenvalue weighted by molar-refractivity contribution is 9.10. The second-order valence-corrected chi connectivity index (χ2v) is 5.26. The van der Waals surface area contributed by atoms with Crippen LogP contribution in [0.2, 0.25) is 0 Å². The maximum atomic E-state index is 12.1. The van der Waals surface area contributed by atoms with E-state index in [2.05, 4.69) is 21.2 Å². The Kier molecular flexibility index (Phi) is 4.29. The molecule has 0 aliphatic heterocycles. The molecular formula is C15H14BrNO3. The molecule has 5 heteroatoms. The summed E-state index contributed by atoms with van der Waals surface area (Å²) in [5.74, 6) is -0.684. The molecule has 0 radical (unpaired) electrons. The van der Waals surface area contributed by atoms with Gasteiger partial charge in [-0.1, -0.05) is 22.9 Å². The topological polar surface area (TPSA) is 69.6 Å². The van der Waals surface area contributed by atoms with Crippen molar-refractivity contribution in [1.29, 1.82) is 0 Å². The lowest BCUT2D eigenvalue weighted by Gasteiger charge is -2.11. The zero-order valence-electron chi connectivity index (χ0n) is 10.9. The minimum Gasteiger partial charge on any atom is -0.508 e. The van der Waals surface area contributed by atoms with Gasteiger partial charge in [-0.25, -0.2) is 0 Å². The quantitative estimate of drug-likeness (QED) is 0.801. The van der Waals surface area contributed by atoms with Crippen molar-refractivity contribution in [2.45, 2.75) is 13.3 Å². The normalized spacial score (nSPS) is 10.3. The van der Waals surface area contributed by atoms with Gasteiger partial charge in [0.25, 0.3) is 5.91 Å². The molecule has 2 rings (SSSR count). The second kappa shape index (κ2) is 5.96. The summed E-state index contributed by atoms with van der Waals surface area (Å²) in [6.07, 6.45) is 0.778. The summed E-state index contributed by atoms with van der Waals surface area (Å²) in [5.41, 5.74) is 1.91. The van der Waals surface area contributed by atoms with Gasteiger partial charge in [0.1, 0.15) is 11.5 Å². The van der Waals surface area contributed by atoms with E-state index in [4.69, 9.17) is 0 Å². The third-order valence-corrected chi connectivity index (χ3v) is 3.35. The lowest BCUT2D eigenvalue weighted by molar-refractivity contribution is 0.102. The van der Waals surface area contributed by atoms with E-state index in [1.807, 2.05) is 25.1 Å². The molecule has 20 heavy (non-hydrogen) atoms. The Labute approximate surface area is 125 Å². The van der Waals surface area contributed by atoms with E-state index < -0.39 is 0 Å². The molecule has 0 aliphatic rings. The Morgan fingerprint density at radius 1 is 1.15 bits per heavy atom. The van der Waals surface area contributed by atoms with E-state index in [0.29, 0.717) is 5.69 Å². The van der Waals surface area contributed by atoms with Crippen LogP contribution in [0.25, 0.3) is 0 Å². The summed E-state index contributed by atoms with van der Waals surface area (Å²) < 4.78 is 0.947. The summed E-state index contributed by atoms with van der Waals surface area (Å²) in [5, 5.41) is 21.6. The number of amides is 1. The molecule has 0 spiro atoms. The van der Waals surface area contributed by atoms with Gasteiger partial charge in [0.15, 0.2) is 0 Å². The number of aryl methyl sites for hydroxylation is 1. The number of anilines is 1. The molecule has 0 saturated heterocycles. The molecule has 2 aromatic rings. The van der Waals surface area contributed by atoms with Gasteiger partial charge in [-0.2, -0.15) is 0 Å². The van der Waals surface area contributed by atoms with Gasteiger partial charge in [0, 0.05) is 21.8 Å². The molecule has 0 bridgehead atoms. The molecule has 0 aromatic heterocycles. The van der Waals surface area contributed by atoms with Crippen molar-refractivity contribution in [2.75, 3.05) is 5.32 Å². The van der Waals surface area contributed by atoms with Crippen molar-refractivity contribution in [1.82, 2.24) is 0 Å². The standard InChI is InChI=1S/C15H14BrNO3/c1-2-9-5-11(16)3-4-14(9)17-15(20)10-6-12(18)8-13(19)7-10/h3-8,18-19H,2H2,1H3,(H,17,20). The molecule has 2 aromatic carbocycles. The Morgan fingerprint density at radius 2 is 1.80 bits per heavy atom. The molecule has 0 saturated carbocycles. The first-order chi connectivity index (χ1) is 9.49. The van der Waals surface area contributed by atoms with Gasteiger partial charge in [-0.15, -0.1) is 0 Å². The van der Waals surface area contributed by atoms with E-state index in [-0.39, 0.29) is 23.0 Å². The van der Waals surface area contributed by atoms with Crippen LogP contribution < -0.4 is 5.32 Å². The number of carbonyl (C=O) groups excluding carboxylic acids is 1. The molecule has 3 N–H and O–H groups in total. The average Bonchev–Trinajstić information content (AvgIpc) is 2.39. The summed E-state index contributed by atoms with van der Waals surface area (Å²) in [6, 6.07) is 9.38. The number of hydrogen-bond acceptors (Lipinski definition) is 3. The van der Waals surface area contributed by atoms with Crippen molar-refractivity contribution in [2.24, 2.45) is 0 Å². The van der Waals surface area contributed by atoms with E-state index in [0.717, 1.165) is 16.5 Å². The molecule has 0 aliphatic carbocycles. The summed E-state index contributed by atoms with van der Waals surface area (Å²) in [4.78, 5) is 12.1. The van der Waals surface area contributed by atoms with Crippen molar-refractivity contribution in [3.8, 4) is 11.5 Å². The minimum atomic E-state index is -0.381. The van der Waals surface area contributed by atoms with Gasteiger partial charge in [0.2, 0.25) is 0 Å². The largest absolute Gasteiger partial charge is 0.508 e.